The van der Waals surface area contributed by atoms with E-state index < -0.39 is 9.84 Å². The second kappa shape index (κ2) is 4.59. The minimum Gasteiger partial charge on any atom is -0.228 e. The summed E-state index contributed by atoms with van der Waals surface area (Å²) >= 11 is 0. The van der Waals surface area contributed by atoms with E-state index in [0.29, 0.717) is 23.2 Å². The Morgan fingerprint density at radius 1 is 1.15 bits per heavy atom. The Morgan fingerprint density at radius 3 is 2.35 bits per heavy atom. The molecule has 0 spiro atoms. The molecule has 4 atom stereocenters. The van der Waals surface area contributed by atoms with Gasteiger partial charge < -0.3 is 0 Å². The lowest BCUT2D eigenvalue weighted by Gasteiger charge is -2.61. The first-order chi connectivity index (χ1) is 9.32. The summed E-state index contributed by atoms with van der Waals surface area (Å²) in [5, 5.41) is -0.139. The van der Waals surface area contributed by atoms with Gasteiger partial charge in [-0.25, -0.2) is 8.42 Å². The third-order valence-electron chi connectivity index (χ3n) is 5.96. The van der Waals surface area contributed by atoms with Crippen LogP contribution in [0.15, 0.2) is 30.3 Å². The van der Waals surface area contributed by atoms with Crippen molar-refractivity contribution in [2.75, 3.05) is 0 Å². The Hall–Kier alpha value is -0.830. The van der Waals surface area contributed by atoms with Crippen molar-refractivity contribution in [1.29, 1.82) is 0 Å². The highest BCUT2D eigenvalue weighted by molar-refractivity contribution is 7.91. The van der Waals surface area contributed by atoms with Gasteiger partial charge in [0.15, 0.2) is 9.84 Å². The van der Waals surface area contributed by atoms with E-state index in [9.17, 15) is 8.42 Å². The zero-order chi connectivity index (χ0) is 14.5. The molecule has 1 aromatic rings. The minimum absolute atomic E-state index is 0.139. The van der Waals surface area contributed by atoms with E-state index in [4.69, 9.17) is 0 Å². The molecule has 110 valence electrons. The van der Waals surface area contributed by atoms with Crippen molar-refractivity contribution in [1.82, 2.24) is 0 Å². The maximum atomic E-state index is 12.7. The van der Waals surface area contributed by atoms with Gasteiger partial charge in [-0.1, -0.05) is 51.1 Å². The van der Waals surface area contributed by atoms with Crippen LogP contribution in [0.3, 0.4) is 0 Å². The standard InChI is InChI=1S/C17H24O2S/c1-12-15-9-14(17(15,2)3)10-16(12)20(18,19)11-13-7-5-4-6-8-13/h4-8,12,14-16H,9-11H2,1-3H3. The van der Waals surface area contributed by atoms with Crippen LogP contribution in [0.4, 0.5) is 0 Å². The third-order valence-corrected chi connectivity index (χ3v) is 8.24. The molecule has 3 heteroatoms. The fourth-order valence-corrected chi connectivity index (χ4v) is 6.73. The summed E-state index contributed by atoms with van der Waals surface area (Å²) in [4.78, 5) is 0. The molecule has 0 aromatic heterocycles. The zero-order valence-corrected chi connectivity index (χ0v) is 13.4. The maximum Gasteiger partial charge on any atom is 0.157 e. The van der Waals surface area contributed by atoms with Gasteiger partial charge in [0.2, 0.25) is 0 Å². The van der Waals surface area contributed by atoms with E-state index in [2.05, 4.69) is 20.8 Å². The van der Waals surface area contributed by atoms with Gasteiger partial charge in [0.05, 0.1) is 11.0 Å². The Kier molecular flexibility index (Phi) is 3.24. The number of rotatable bonds is 3. The lowest BCUT2D eigenvalue weighted by atomic mass is 9.46. The van der Waals surface area contributed by atoms with Crippen molar-refractivity contribution < 1.29 is 8.42 Å². The van der Waals surface area contributed by atoms with Gasteiger partial charge in [0.1, 0.15) is 0 Å². The molecule has 1 aromatic carbocycles. The lowest BCUT2D eigenvalue weighted by molar-refractivity contribution is -0.0963. The largest absolute Gasteiger partial charge is 0.228 e. The molecule has 2 nitrogen and oxygen atoms in total. The molecule has 4 rings (SSSR count). The highest BCUT2D eigenvalue weighted by Crippen LogP contribution is 2.62. The molecule has 0 amide bonds. The van der Waals surface area contributed by atoms with E-state index >= 15 is 0 Å². The summed E-state index contributed by atoms with van der Waals surface area (Å²) in [6, 6.07) is 9.58. The molecule has 0 radical (unpaired) electrons. The number of hydrogen-bond donors (Lipinski definition) is 0. The number of hydrogen-bond acceptors (Lipinski definition) is 2. The topological polar surface area (TPSA) is 34.1 Å². The number of sulfone groups is 1. The fourth-order valence-electron chi connectivity index (χ4n) is 4.49. The molecule has 4 unspecified atom stereocenters. The Labute approximate surface area is 122 Å². The molecule has 2 bridgehead atoms. The molecule has 0 aliphatic heterocycles. The molecular formula is C17H24O2S. The van der Waals surface area contributed by atoms with Crippen LogP contribution in [0.1, 0.15) is 39.2 Å². The predicted molar refractivity (Wildman–Crippen MR) is 82.0 cm³/mol. The van der Waals surface area contributed by atoms with Gasteiger partial charge in [-0.2, -0.15) is 0 Å². The zero-order valence-electron chi connectivity index (χ0n) is 12.5. The van der Waals surface area contributed by atoms with Crippen LogP contribution in [-0.2, 0) is 15.6 Å². The van der Waals surface area contributed by atoms with Gasteiger partial charge in [-0.15, -0.1) is 0 Å². The molecule has 3 aliphatic rings. The number of fused-ring (bicyclic) bond motifs is 2. The van der Waals surface area contributed by atoms with Gasteiger partial charge >= 0.3 is 0 Å². The van der Waals surface area contributed by atoms with Crippen molar-refractivity contribution >= 4 is 9.84 Å². The fraction of sp³-hybridized carbons (Fsp3) is 0.647. The first-order valence-corrected chi connectivity index (χ1v) is 9.29. The third kappa shape index (κ3) is 2.11. The second-order valence-electron chi connectivity index (χ2n) is 7.29. The number of benzene rings is 1. The summed E-state index contributed by atoms with van der Waals surface area (Å²) in [5.41, 5.74) is 1.26. The first-order valence-electron chi connectivity index (χ1n) is 7.58. The summed E-state index contributed by atoms with van der Waals surface area (Å²) in [6.45, 7) is 6.76. The van der Waals surface area contributed by atoms with Gasteiger partial charge in [0.25, 0.3) is 0 Å². The quantitative estimate of drug-likeness (QED) is 0.852. The predicted octanol–water partition coefficient (Wildman–Crippen LogP) is 3.67. The molecular weight excluding hydrogens is 268 g/mol. The maximum absolute atomic E-state index is 12.7. The van der Waals surface area contributed by atoms with Gasteiger partial charge in [-0.3, -0.25) is 0 Å². The summed E-state index contributed by atoms with van der Waals surface area (Å²) in [6.07, 6.45) is 2.09. The van der Waals surface area contributed by atoms with Crippen LogP contribution in [0, 0.1) is 23.2 Å². The molecule has 0 heterocycles. The van der Waals surface area contributed by atoms with Crippen LogP contribution in [0.2, 0.25) is 0 Å². The average molecular weight is 292 g/mol. The molecule has 20 heavy (non-hydrogen) atoms. The summed E-state index contributed by atoms with van der Waals surface area (Å²) in [5.74, 6) is 1.67. The molecule has 3 saturated carbocycles. The SMILES string of the molecule is CC1C2CC(CC1S(=O)(=O)Cc1ccccc1)C2(C)C. The molecule has 0 saturated heterocycles. The van der Waals surface area contributed by atoms with Crippen molar-refractivity contribution in [3.05, 3.63) is 35.9 Å². The lowest BCUT2D eigenvalue weighted by Crippen LogP contribution is -2.58. The minimum atomic E-state index is -3.04. The molecule has 0 N–H and O–H groups in total. The van der Waals surface area contributed by atoms with E-state index in [1.165, 1.54) is 6.42 Å². The van der Waals surface area contributed by atoms with Crippen molar-refractivity contribution in [3.63, 3.8) is 0 Å². The second-order valence-corrected chi connectivity index (χ2v) is 9.51. The van der Waals surface area contributed by atoms with Crippen LogP contribution < -0.4 is 0 Å². The Balaban J connectivity index is 1.80. The van der Waals surface area contributed by atoms with E-state index in [-0.39, 0.29) is 11.0 Å². The highest BCUT2D eigenvalue weighted by Gasteiger charge is 2.58. The van der Waals surface area contributed by atoms with Crippen LogP contribution in [0.25, 0.3) is 0 Å². The van der Waals surface area contributed by atoms with E-state index in [1.807, 2.05) is 30.3 Å². The van der Waals surface area contributed by atoms with Gasteiger partial charge in [-0.05, 0) is 41.6 Å². The van der Waals surface area contributed by atoms with Crippen LogP contribution >= 0.6 is 0 Å². The Morgan fingerprint density at radius 2 is 1.80 bits per heavy atom. The average Bonchev–Trinajstić information content (AvgIpc) is 2.38. The monoisotopic (exact) mass is 292 g/mol. The molecule has 3 aliphatic carbocycles. The highest BCUT2D eigenvalue weighted by atomic mass is 32.2. The normalized spacial score (nSPS) is 35.4. The van der Waals surface area contributed by atoms with Gasteiger partial charge in [0, 0.05) is 0 Å². The van der Waals surface area contributed by atoms with Crippen molar-refractivity contribution in [3.8, 4) is 0 Å². The summed E-state index contributed by atoms with van der Waals surface area (Å²) < 4.78 is 25.5. The summed E-state index contributed by atoms with van der Waals surface area (Å²) in [7, 11) is -3.04. The van der Waals surface area contributed by atoms with Crippen LogP contribution in [-0.4, -0.2) is 13.7 Å². The smallest absolute Gasteiger partial charge is 0.157 e. The van der Waals surface area contributed by atoms with E-state index in [1.54, 1.807) is 0 Å². The molecule has 3 fully saturated rings. The van der Waals surface area contributed by atoms with Crippen LogP contribution in [0.5, 0.6) is 0 Å². The van der Waals surface area contributed by atoms with E-state index in [0.717, 1.165) is 12.0 Å². The first kappa shape index (κ1) is 14.1. The van der Waals surface area contributed by atoms with Crippen molar-refractivity contribution in [2.45, 2.75) is 44.6 Å². The van der Waals surface area contributed by atoms with Crippen molar-refractivity contribution in [2.24, 2.45) is 23.2 Å². The Bertz CT molecular complexity index is 589.